The van der Waals surface area contributed by atoms with E-state index in [2.05, 4.69) is 15.3 Å². The van der Waals surface area contributed by atoms with Crippen LogP contribution in [0, 0.1) is 0 Å². The summed E-state index contributed by atoms with van der Waals surface area (Å²) < 4.78 is 5.33. The Morgan fingerprint density at radius 2 is 2.21 bits per heavy atom. The van der Waals surface area contributed by atoms with E-state index in [1.165, 1.54) is 12.3 Å². The molecule has 0 amide bonds. The van der Waals surface area contributed by atoms with Crippen molar-refractivity contribution < 1.29 is 20.1 Å². The molecule has 1 aromatic rings. The smallest absolute Gasteiger partial charge is 0.346 e. The van der Waals surface area contributed by atoms with Crippen LogP contribution in [0.2, 0.25) is 0 Å². The van der Waals surface area contributed by atoms with Crippen LogP contribution in [0.25, 0.3) is 0 Å². The largest absolute Gasteiger partial charge is 0.394 e. The molecule has 19 heavy (non-hydrogen) atoms. The van der Waals surface area contributed by atoms with Crippen LogP contribution in [0.15, 0.2) is 17.1 Å². The molecule has 0 aromatic carbocycles. The van der Waals surface area contributed by atoms with E-state index in [9.17, 15) is 15.0 Å². The SMILES string of the molecule is N[C@@H]1[C@@H](O)[C@H](O)[C@@H](CO)O[C@H]1Nc1cc[nH]c(=O)n1. The molecule has 9 heteroatoms. The molecule has 2 rings (SSSR count). The molecule has 9 nitrogen and oxygen atoms in total. The summed E-state index contributed by atoms with van der Waals surface area (Å²) in [5.74, 6) is 0.212. The summed E-state index contributed by atoms with van der Waals surface area (Å²) in [6.07, 6.45) is -2.99. The molecule has 0 aliphatic carbocycles. The fourth-order valence-corrected chi connectivity index (χ4v) is 1.86. The van der Waals surface area contributed by atoms with Crippen molar-refractivity contribution in [1.29, 1.82) is 0 Å². The van der Waals surface area contributed by atoms with E-state index >= 15 is 0 Å². The van der Waals surface area contributed by atoms with Gasteiger partial charge in [0.1, 0.15) is 30.4 Å². The van der Waals surface area contributed by atoms with Gasteiger partial charge in [0, 0.05) is 6.20 Å². The molecule has 7 N–H and O–H groups in total. The molecule has 1 fully saturated rings. The molecule has 0 saturated carbocycles. The second-order valence-corrected chi connectivity index (χ2v) is 4.26. The fourth-order valence-electron chi connectivity index (χ4n) is 1.86. The molecule has 1 aromatic heterocycles. The lowest BCUT2D eigenvalue weighted by Gasteiger charge is -2.40. The number of aliphatic hydroxyl groups is 3. The van der Waals surface area contributed by atoms with E-state index < -0.39 is 42.9 Å². The Kier molecular flexibility index (Phi) is 4.12. The van der Waals surface area contributed by atoms with Crippen molar-refractivity contribution in [3.63, 3.8) is 0 Å². The molecular weight excluding hydrogens is 256 g/mol. The number of aliphatic hydroxyl groups excluding tert-OH is 3. The van der Waals surface area contributed by atoms with Gasteiger partial charge in [-0.1, -0.05) is 0 Å². The summed E-state index contributed by atoms with van der Waals surface area (Å²) in [4.78, 5) is 17.0. The molecule has 0 spiro atoms. The summed E-state index contributed by atoms with van der Waals surface area (Å²) in [5.41, 5.74) is 5.18. The van der Waals surface area contributed by atoms with Crippen LogP contribution >= 0.6 is 0 Å². The highest BCUT2D eigenvalue weighted by Gasteiger charge is 2.42. The van der Waals surface area contributed by atoms with Crippen LogP contribution in [0.5, 0.6) is 0 Å². The highest BCUT2D eigenvalue weighted by atomic mass is 16.5. The second kappa shape index (κ2) is 5.63. The lowest BCUT2D eigenvalue weighted by molar-refractivity contribution is -0.181. The van der Waals surface area contributed by atoms with Crippen molar-refractivity contribution in [2.45, 2.75) is 30.6 Å². The summed E-state index contributed by atoms with van der Waals surface area (Å²) in [6, 6.07) is 0.557. The number of nitrogens with zero attached hydrogens (tertiary/aromatic N) is 1. The summed E-state index contributed by atoms with van der Waals surface area (Å²) in [6.45, 7) is -0.466. The number of H-pyrrole nitrogens is 1. The van der Waals surface area contributed by atoms with Crippen molar-refractivity contribution in [3.8, 4) is 0 Å². The molecule has 106 valence electrons. The number of rotatable bonds is 3. The quantitative estimate of drug-likeness (QED) is 0.339. The number of nitrogens with one attached hydrogen (secondary N) is 2. The third-order valence-corrected chi connectivity index (χ3v) is 2.94. The maximum atomic E-state index is 11.0. The average molecular weight is 272 g/mol. The number of ether oxygens (including phenoxy) is 1. The zero-order valence-electron chi connectivity index (χ0n) is 9.93. The molecule has 0 unspecified atom stereocenters. The van der Waals surface area contributed by atoms with Gasteiger partial charge < -0.3 is 36.1 Å². The van der Waals surface area contributed by atoms with E-state index in [0.717, 1.165) is 0 Å². The van der Waals surface area contributed by atoms with E-state index in [4.69, 9.17) is 15.6 Å². The van der Waals surface area contributed by atoms with Gasteiger partial charge in [-0.25, -0.2) is 4.79 Å². The predicted octanol–water partition coefficient (Wildman–Crippen LogP) is -3.05. The van der Waals surface area contributed by atoms with Gasteiger partial charge >= 0.3 is 5.69 Å². The maximum absolute atomic E-state index is 11.0. The van der Waals surface area contributed by atoms with Crippen molar-refractivity contribution in [2.24, 2.45) is 5.73 Å². The van der Waals surface area contributed by atoms with Gasteiger partial charge in [0.25, 0.3) is 0 Å². The zero-order valence-corrected chi connectivity index (χ0v) is 9.93. The molecule has 0 bridgehead atoms. The van der Waals surface area contributed by atoms with Crippen molar-refractivity contribution in [3.05, 3.63) is 22.7 Å². The normalized spacial score (nSPS) is 35.1. The topological polar surface area (TPSA) is 154 Å². The average Bonchev–Trinajstić information content (AvgIpc) is 2.39. The Bertz CT molecular complexity index is 479. The fraction of sp³-hybridized carbons (Fsp3) is 0.600. The van der Waals surface area contributed by atoms with Crippen LogP contribution in [0.1, 0.15) is 0 Å². The molecular formula is C10H16N4O5. The Labute approximate surface area is 108 Å². The first kappa shape index (κ1) is 13.9. The Morgan fingerprint density at radius 1 is 1.47 bits per heavy atom. The number of aromatic nitrogens is 2. The first-order valence-electron chi connectivity index (χ1n) is 5.73. The van der Waals surface area contributed by atoms with Crippen LogP contribution in [-0.4, -0.2) is 62.5 Å². The van der Waals surface area contributed by atoms with Gasteiger partial charge in [-0.15, -0.1) is 0 Å². The van der Waals surface area contributed by atoms with Crippen molar-refractivity contribution in [2.75, 3.05) is 11.9 Å². The van der Waals surface area contributed by atoms with Crippen molar-refractivity contribution >= 4 is 5.82 Å². The number of aromatic amines is 1. The highest BCUT2D eigenvalue weighted by molar-refractivity contribution is 5.33. The molecule has 1 saturated heterocycles. The van der Waals surface area contributed by atoms with Gasteiger partial charge in [-0.2, -0.15) is 4.98 Å². The Morgan fingerprint density at radius 3 is 2.84 bits per heavy atom. The van der Waals surface area contributed by atoms with E-state index in [1.807, 2.05) is 0 Å². The van der Waals surface area contributed by atoms with E-state index in [-0.39, 0.29) is 5.82 Å². The minimum atomic E-state index is -1.27. The third kappa shape index (κ3) is 2.91. The molecule has 1 aliphatic heterocycles. The zero-order chi connectivity index (χ0) is 14.0. The maximum Gasteiger partial charge on any atom is 0.346 e. The number of hydrogen-bond donors (Lipinski definition) is 6. The number of nitrogens with two attached hydrogens (primary N) is 1. The minimum absolute atomic E-state index is 0.212. The standard InChI is InChI=1S/C10H16N4O5/c11-6-8(17)7(16)4(3-15)19-9(6)13-5-1-2-12-10(18)14-5/h1-2,4,6-9,15-17H,3,11H2,(H2,12,13,14,18)/t4-,6-,7-,8-,9-/m1/s1. The van der Waals surface area contributed by atoms with Crippen LogP contribution in [-0.2, 0) is 4.74 Å². The van der Waals surface area contributed by atoms with Gasteiger partial charge in [0.05, 0.1) is 12.6 Å². The summed E-state index contributed by atoms with van der Waals surface area (Å²) in [5, 5.41) is 31.2. The van der Waals surface area contributed by atoms with E-state index in [1.54, 1.807) is 0 Å². The van der Waals surface area contributed by atoms with Crippen LogP contribution in [0.3, 0.4) is 0 Å². The van der Waals surface area contributed by atoms with Crippen molar-refractivity contribution in [1.82, 2.24) is 9.97 Å². The van der Waals surface area contributed by atoms with Crippen LogP contribution in [0.4, 0.5) is 5.82 Å². The first-order chi connectivity index (χ1) is 9.02. The predicted molar refractivity (Wildman–Crippen MR) is 64.2 cm³/mol. The summed E-state index contributed by atoms with van der Waals surface area (Å²) in [7, 11) is 0. The highest BCUT2D eigenvalue weighted by Crippen LogP contribution is 2.20. The molecule has 2 heterocycles. The number of hydrogen-bond acceptors (Lipinski definition) is 8. The molecule has 5 atom stereocenters. The summed E-state index contributed by atoms with van der Waals surface area (Å²) >= 11 is 0. The van der Waals surface area contributed by atoms with Gasteiger partial charge in [0.2, 0.25) is 0 Å². The lowest BCUT2D eigenvalue weighted by atomic mass is 9.97. The number of anilines is 1. The first-order valence-corrected chi connectivity index (χ1v) is 5.73. The second-order valence-electron chi connectivity index (χ2n) is 4.26. The van der Waals surface area contributed by atoms with E-state index in [0.29, 0.717) is 0 Å². The minimum Gasteiger partial charge on any atom is -0.394 e. The van der Waals surface area contributed by atoms with Gasteiger partial charge in [0.15, 0.2) is 0 Å². The monoisotopic (exact) mass is 272 g/mol. The van der Waals surface area contributed by atoms with Gasteiger partial charge in [-0.3, -0.25) is 0 Å². The Hall–Kier alpha value is -1.52. The molecule has 1 aliphatic rings. The van der Waals surface area contributed by atoms with Crippen LogP contribution < -0.4 is 16.7 Å². The van der Waals surface area contributed by atoms with Gasteiger partial charge in [-0.05, 0) is 6.07 Å². The third-order valence-electron chi connectivity index (χ3n) is 2.94. The lowest BCUT2D eigenvalue weighted by Crippen LogP contribution is -2.63. The molecule has 0 radical (unpaired) electrons. The Balaban J connectivity index is 2.13.